The molecule has 3 heterocycles. The predicted molar refractivity (Wildman–Crippen MR) is 127 cm³/mol. The highest BCUT2D eigenvalue weighted by atomic mass is 35.5. The topological polar surface area (TPSA) is 87.7 Å². The van der Waals surface area contributed by atoms with Crippen molar-refractivity contribution in [2.75, 3.05) is 0 Å². The first-order chi connectivity index (χ1) is 15.7. The summed E-state index contributed by atoms with van der Waals surface area (Å²) in [6.45, 7) is 7.98. The van der Waals surface area contributed by atoms with Gasteiger partial charge in [-0.15, -0.1) is 0 Å². The van der Waals surface area contributed by atoms with E-state index in [0.29, 0.717) is 17.2 Å². The zero-order valence-corrected chi connectivity index (χ0v) is 20.0. The molecule has 0 aliphatic carbocycles. The van der Waals surface area contributed by atoms with Gasteiger partial charge in [0.05, 0.1) is 17.1 Å². The van der Waals surface area contributed by atoms with Crippen molar-refractivity contribution in [1.29, 1.82) is 0 Å². The molecule has 4 aromatic rings. The Labute approximate surface area is 196 Å². The molecule has 0 N–H and O–H groups in total. The van der Waals surface area contributed by atoms with Crippen molar-refractivity contribution in [3.63, 3.8) is 0 Å². The van der Waals surface area contributed by atoms with E-state index in [1.54, 1.807) is 11.6 Å². The normalized spacial score (nSPS) is 11.2. The van der Waals surface area contributed by atoms with Crippen LogP contribution in [0.5, 0.6) is 5.88 Å². The van der Waals surface area contributed by atoms with E-state index in [2.05, 4.69) is 28.9 Å². The molecule has 0 amide bonds. The summed E-state index contributed by atoms with van der Waals surface area (Å²) in [6, 6.07) is 9.41. The Morgan fingerprint density at radius 3 is 2.64 bits per heavy atom. The van der Waals surface area contributed by atoms with Crippen molar-refractivity contribution >= 4 is 11.6 Å². The van der Waals surface area contributed by atoms with Crippen molar-refractivity contribution in [2.24, 2.45) is 7.05 Å². The lowest BCUT2D eigenvalue weighted by atomic mass is 10.1. The van der Waals surface area contributed by atoms with Crippen LogP contribution in [0, 0.1) is 13.8 Å². The fourth-order valence-corrected chi connectivity index (χ4v) is 3.66. The van der Waals surface area contributed by atoms with E-state index in [0.717, 1.165) is 22.6 Å². The quantitative estimate of drug-likeness (QED) is 0.420. The van der Waals surface area contributed by atoms with E-state index in [-0.39, 0.29) is 23.4 Å². The van der Waals surface area contributed by atoms with Crippen molar-refractivity contribution in [3.8, 4) is 22.8 Å². The molecule has 0 radical (unpaired) electrons. The summed E-state index contributed by atoms with van der Waals surface area (Å²) >= 11 is 6.36. The predicted octanol–water partition coefficient (Wildman–Crippen LogP) is 4.40. The van der Waals surface area contributed by atoms with Crippen LogP contribution >= 0.6 is 11.6 Å². The lowest BCUT2D eigenvalue weighted by Crippen LogP contribution is -2.23. The summed E-state index contributed by atoms with van der Waals surface area (Å²) in [6.07, 6.45) is 3.64. The number of benzene rings is 1. The Kier molecular flexibility index (Phi) is 6.29. The van der Waals surface area contributed by atoms with Gasteiger partial charge in [0.2, 0.25) is 5.88 Å². The van der Waals surface area contributed by atoms with Gasteiger partial charge in [0, 0.05) is 30.9 Å². The average molecular weight is 465 g/mol. The minimum atomic E-state index is -0.403. The molecular weight excluding hydrogens is 440 g/mol. The minimum Gasteiger partial charge on any atom is -0.470 e. The lowest BCUT2D eigenvalue weighted by molar-refractivity contribution is 0.286. The molecule has 0 fully saturated rings. The molecule has 0 atom stereocenters. The molecule has 170 valence electrons. The van der Waals surface area contributed by atoms with Gasteiger partial charge >= 0.3 is 0 Å². The third-order valence-corrected chi connectivity index (χ3v) is 5.50. The molecule has 0 aliphatic heterocycles. The Bertz CT molecular complexity index is 1380. The highest BCUT2D eigenvalue weighted by molar-refractivity contribution is 6.31. The molecule has 33 heavy (non-hydrogen) atoms. The third-order valence-electron chi connectivity index (χ3n) is 5.18. The number of rotatable bonds is 6. The summed E-state index contributed by atoms with van der Waals surface area (Å²) in [4.78, 5) is 26.7. The van der Waals surface area contributed by atoms with Gasteiger partial charge in [0.25, 0.3) is 5.56 Å². The molecule has 0 saturated heterocycles. The maximum absolute atomic E-state index is 13.2. The second kappa shape index (κ2) is 9.15. The Hall–Kier alpha value is -3.52. The molecule has 0 unspecified atom stereocenters. The molecule has 0 bridgehead atoms. The second-order valence-electron chi connectivity index (χ2n) is 8.15. The summed E-state index contributed by atoms with van der Waals surface area (Å²) in [5.74, 6) is 1.53. The second-order valence-corrected chi connectivity index (χ2v) is 8.53. The van der Waals surface area contributed by atoms with Crippen LogP contribution in [-0.4, -0.2) is 29.3 Å². The first-order valence-corrected chi connectivity index (χ1v) is 11.0. The van der Waals surface area contributed by atoms with Gasteiger partial charge < -0.3 is 4.74 Å². The maximum atomic E-state index is 13.2. The number of hydrogen-bond donors (Lipinski definition) is 0. The molecular formula is C24H25ClN6O2. The van der Waals surface area contributed by atoms with Gasteiger partial charge in [-0.2, -0.15) is 10.1 Å². The van der Waals surface area contributed by atoms with Crippen LogP contribution in [0.15, 0.2) is 47.5 Å². The van der Waals surface area contributed by atoms with Crippen LogP contribution in [0.3, 0.4) is 0 Å². The van der Waals surface area contributed by atoms with Gasteiger partial charge in [-0.1, -0.05) is 37.6 Å². The summed E-state index contributed by atoms with van der Waals surface area (Å²) < 4.78 is 8.83. The van der Waals surface area contributed by atoms with Crippen LogP contribution in [-0.2, 0) is 13.7 Å². The average Bonchev–Trinajstić information content (AvgIpc) is 3.21. The molecule has 0 aliphatic rings. The fourth-order valence-electron chi connectivity index (χ4n) is 3.48. The number of hydrogen-bond acceptors (Lipinski definition) is 6. The van der Waals surface area contributed by atoms with Crippen LogP contribution in [0.25, 0.3) is 16.9 Å². The van der Waals surface area contributed by atoms with E-state index >= 15 is 0 Å². The molecule has 9 heteroatoms. The minimum absolute atomic E-state index is 0.0813. The van der Waals surface area contributed by atoms with E-state index in [1.165, 1.54) is 4.57 Å². The molecule has 3 aromatic heterocycles. The molecule has 0 spiro atoms. The Morgan fingerprint density at radius 2 is 1.94 bits per heavy atom. The first-order valence-electron chi connectivity index (χ1n) is 10.6. The third kappa shape index (κ3) is 4.66. The van der Waals surface area contributed by atoms with Gasteiger partial charge in [-0.05, 0) is 37.6 Å². The van der Waals surface area contributed by atoms with E-state index < -0.39 is 5.56 Å². The number of nitrogens with zero attached hydrogens (tertiary/aromatic N) is 6. The van der Waals surface area contributed by atoms with Crippen LogP contribution in [0.1, 0.15) is 42.7 Å². The van der Waals surface area contributed by atoms with Crippen molar-refractivity contribution in [2.45, 2.75) is 40.2 Å². The van der Waals surface area contributed by atoms with Crippen molar-refractivity contribution in [3.05, 3.63) is 81.0 Å². The zero-order chi connectivity index (χ0) is 23.7. The number of aryl methyl sites for hydroxylation is 3. The van der Waals surface area contributed by atoms with Gasteiger partial charge in [-0.3, -0.25) is 14.0 Å². The smallest absolute Gasteiger partial charge is 0.280 e. The maximum Gasteiger partial charge on any atom is 0.280 e. The van der Waals surface area contributed by atoms with E-state index in [9.17, 15) is 4.79 Å². The van der Waals surface area contributed by atoms with Gasteiger partial charge in [0.15, 0.2) is 5.02 Å². The highest BCUT2D eigenvalue weighted by Gasteiger charge is 2.17. The fraction of sp³-hybridized carbons (Fsp3) is 0.292. The van der Waals surface area contributed by atoms with E-state index in [1.807, 2.05) is 56.7 Å². The zero-order valence-electron chi connectivity index (χ0n) is 19.2. The number of aromatic nitrogens is 6. The Morgan fingerprint density at radius 1 is 1.15 bits per heavy atom. The molecule has 8 nitrogen and oxygen atoms in total. The number of halogens is 1. The molecule has 0 saturated carbocycles. The van der Waals surface area contributed by atoms with Crippen molar-refractivity contribution < 1.29 is 4.74 Å². The summed E-state index contributed by atoms with van der Waals surface area (Å²) in [7, 11) is 1.82. The van der Waals surface area contributed by atoms with Crippen LogP contribution < -0.4 is 10.3 Å². The Balaban J connectivity index is 1.71. The first kappa shape index (κ1) is 22.7. The van der Waals surface area contributed by atoms with Gasteiger partial charge in [-0.25, -0.2) is 9.97 Å². The summed E-state index contributed by atoms with van der Waals surface area (Å²) in [5.41, 5.74) is 3.62. The van der Waals surface area contributed by atoms with Gasteiger partial charge in [0.1, 0.15) is 18.3 Å². The largest absolute Gasteiger partial charge is 0.470 e. The molecule has 4 rings (SSSR count). The summed E-state index contributed by atoms with van der Waals surface area (Å²) in [5, 5.41) is 4.17. The molecule has 1 aromatic carbocycles. The highest BCUT2D eigenvalue weighted by Crippen LogP contribution is 2.26. The monoisotopic (exact) mass is 464 g/mol. The SMILES string of the molecule is Cc1cnc(C(C)C)nc1-c1cccc(-n2c(C)nc(OCc3ccn(C)n3)c(Cl)c2=O)c1. The van der Waals surface area contributed by atoms with Crippen molar-refractivity contribution in [1.82, 2.24) is 29.3 Å². The van der Waals surface area contributed by atoms with E-state index in [4.69, 9.17) is 21.3 Å². The standard InChI is InChI=1S/C24H25ClN6O2/c1-14(2)22-26-12-15(3)21(28-22)17-7-6-8-19(11-17)31-16(4)27-23(20(25)24(31)32)33-13-18-9-10-30(5)29-18/h6-12,14H,13H2,1-5H3. The lowest BCUT2D eigenvalue weighted by Gasteiger charge is -2.14. The van der Waals surface area contributed by atoms with Crippen LogP contribution in [0.4, 0.5) is 0 Å². The van der Waals surface area contributed by atoms with Crippen LogP contribution in [0.2, 0.25) is 5.02 Å². The number of ether oxygens (including phenoxy) is 1.